The van der Waals surface area contributed by atoms with Crippen LogP contribution in [0.15, 0.2) is 53.9 Å². The Bertz CT molecular complexity index is 1520. The summed E-state index contributed by atoms with van der Waals surface area (Å²) in [6, 6.07) is 13.5. The van der Waals surface area contributed by atoms with Crippen LogP contribution < -0.4 is 39.1 Å². The van der Waals surface area contributed by atoms with E-state index in [1.807, 2.05) is 11.4 Å². The summed E-state index contributed by atoms with van der Waals surface area (Å²) in [5.41, 5.74) is 2.57. The minimum atomic E-state index is -0.392. The van der Waals surface area contributed by atoms with Crippen molar-refractivity contribution < 1.29 is 38.0 Å². The number of amides is 2. The Morgan fingerprint density at radius 1 is 0.659 bits per heavy atom. The second-order valence-electron chi connectivity index (χ2n) is 8.35. The largest absolute Gasteiger partial charge is 0.493 e. The van der Waals surface area contributed by atoms with Crippen LogP contribution in [-0.4, -0.2) is 59.5 Å². The summed E-state index contributed by atoms with van der Waals surface area (Å²) in [6.07, 6.45) is 0. The van der Waals surface area contributed by atoms with Gasteiger partial charge in [0.25, 0.3) is 11.8 Å². The molecule has 0 spiro atoms. The maximum absolute atomic E-state index is 13.0. The second-order valence-corrected chi connectivity index (χ2v) is 9.21. The zero-order valence-corrected chi connectivity index (χ0v) is 24.1. The first kappa shape index (κ1) is 29.0. The summed E-state index contributed by atoms with van der Waals surface area (Å²) in [7, 11) is 8.91. The average molecular weight is 580 g/mol. The van der Waals surface area contributed by atoms with Crippen molar-refractivity contribution in [3.63, 3.8) is 0 Å². The van der Waals surface area contributed by atoms with Crippen molar-refractivity contribution in [2.75, 3.05) is 53.3 Å². The van der Waals surface area contributed by atoms with Gasteiger partial charge in [0.2, 0.25) is 11.5 Å². The Morgan fingerprint density at radius 2 is 1.15 bits per heavy atom. The van der Waals surface area contributed by atoms with Crippen LogP contribution in [0, 0.1) is 0 Å². The molecule has 214 valence electrons. The third kappa shape index (κ3) is 6.28. The predicted molar refractivity (Wildman–Crippen MR) is 156 cm³/mol. The van der Waals surface area contributed by atoms with E-state index in [4.69, 9.17) is 28.4 Å². The van der Waals surface area contributed by atoms with E-state index in [9.17, 15) is 9.59 Å². The molecular weight excluding hydrogens is 550 g/mol. The van der Waals surface area contributed by atoms with Crippen LogP contribution in [0.5, 0.6) is 34.5 Å². The zero-order chi connectivity index (χ0) is 29.5. The molecule has 2 amide bonds. The summed E-state index contributed by atoms with van der Waals surface area (Å²) >= 11 is 1.27. The van der Waals surface area contributed by atoms with Crippen LogP contribution in [0.4, 0.5) is 10.8 Å². The Labute approximate surface area is 240 Å². The molecule has 0 unspecified atom stereocenters. The molecule has 0 aliphatic rings. The number of thiazole rings is 1. The van der Waals surface area contributed by atoms with E-state index in [2.05, 4.69) is 15.6 Å². The zero-order valence-electron chi connectivity index (χ0n) is 23.3. The molecule has 0 saturated carbocycles. The quantitative estimate of drug-likeness (QED) is 0.241. The van der Waals surface area contributed by atoms with Crippen LogP contribution in [0.25, 0.3) is 11.3 Å². The van der Waals surface area contributed by atoms with Gasteiger partial charge in [0.05, 0.1) is 48.4 Å². The fourth-order valence-corrected chi connectivity index (χ4v) is 4.73. The van der Waals surface area contributed by atoms with Crippen LogP contribution in [-0.2, 0) is 0 Å². The highest BCUT2D eigenvalue weighted by Crippen LogP contribution is 2.39. The molecule has 1 heterocycles. The molecule has 4 aromatic rings. The molecule has 3 aromatic carbocycles. The van der Waals surface area contributed by atoms with Crippen molar-refractivity contribution in [1.29, 1.82) is 0 Å². The average Bonchev–Trinajstić information content (AvgIpc) is 3.47. The van der Waals surface area contributed by atoms with E-state index in [-0.39, 0.29) is 5.91 Å². The van der Waals surface area contributed by atoms with Gasteiger partial charge < -0.3 is 33.7 Å². The van der Waals surface area contributed by atoms with Gasteiger partial charge in [-0.2, -0.15) is 0 Å². The number of nitrogens with one attached hydrogen (secondary N) is 2. The number of rotatable bonds is 11. The number of methoxy groups -OCH3 is 6. The third-order valence-corrected chi connectivity index (χ3v) is 6.75. The van der Waals surface area contributed by atoms with Crippen LogP contribution in [0.2, 0.25) is 0 Å². The van der Waals surface area contributed by atoms with Gasteiger partial charge in [-0.05, 0) is 36.4 Å². The van der Waals surface area contributed by atoms with Crippen molar-refractivity contribution in [2.45, 2.75) is 0 Å². The maximum Gasteiger partial charge on any atom is 0.257 e. The van der Waals surface area contributed by atoms with Crippen LogP contribution in [0.3, 0.4) is 0 Å². The Balaban J connectivity index is 1.51. The fraction of sp³-hybridized carbons (Fsp3) is 0.207. The minimum Gasteiger partial charge on any atom is -0.493 e. The molecule has 0 aliphatic carbocycles. The van der Waals surface area contributed by atoms with Gasteiger partial charge >= 0.3 is 0 Å². The van der Waals surface area contributed by atoms with Gasteiger partial charge in [-0.25, -0.2) is 4.98 Å². The van der Waals surface area contributed by atoms with Crippen molar-refractivity contribution >= 4 is 34.0 Å². The first-order valence-corrected chi connectivity index (χ1v) is 13.0. The number of hydrogen-bond donors (Lipinski definition) is 2. The first-order valence-electron chi connectivity index (χ1n) is 12.1. The molecule has 0 saturated heterocycles. The van der Waals surface area contributed by atoms with Gasteiger partial charge in [-0.15, -0.1) is 11.3 Å². The summed E-state index contributed by atoms with van der Waals surface area (Å²) in [6.45, 7) is 0. The van der Waals surface area contributed by atoms with E-state index >= 15 is 0 Å². The molecule has 11 nitrogen and oxygen atoms in total. The molecule has 0 bridgehead atoms. The van der Waals surface area contributed by atoms with Crippen molar-refractivity contribution in [2.24, 2.45) is 0 Å². The number of hydrogen-bond acceptors (Lipinski definition) is 10. The number of carbonyl (C=O) groups is 2. The molecule has 2 N–H and O–H groups in total. The monoisotopic (exact) mass is 579 g/mol. The highest BCUT2D eigenvalue weighted by molar-refractivity contribution is 7.14. The van der Waals surface area contributed by atoms with E-state index in [0.717, 1.165) is 5.56 Å². The smallest absolute Gasteiger partial charge is 0.257 e. The molecule has 12 heteroatoms. The fourth-order valence-electron chi connectivity index (χ4n) is 4.02. The lowest BCUT2D eigenvalue weighted by Crippen LogP contribution is -2.13. The normalized spacial score (nSPS) is 10.4. The summed E-state index contributed by atoms with van der Waals surface area (Å²) in [5, 5.41) is 7.89. The summed E-state index contributed by atoms with van der Waals surface area (Å²) < 4.78 is 32.0. The van der Waals surface area contributed by atoms with Crippen molar-refractivity contribution in [1.82, 2.24) is 4.98 Å². The van der Waals surface area contributed by atoms with E-state index < -0.39 is 5.91 Å². The van der Waals surface area contributed by atoms with Gasteiger partial charge in [0, 0.05) is 27.8 Å². The topological polar surface area (TPSA) is 126 Å². The van der Waals surface area contributed by atoms with Gasteiger partial charge in [0.15, 0.2) is 28.1 Å². The van der Waals surface area contributed by atoms with E-state index in [1.165, 1.54) is 54.0 Å². The molecule has 0 atom stereocenters. The Morgan fingerprint density at radius 3 is 1.61 bits per heavy atom. The van der Waals surface area contributed by atoms with Gasteiger partial charge in [0.1, 0.15) is 0 Å². The highest BCUT2D eigenvalue weighted by Gasteiger charge is 2.19. The number of ether oxygens (including phenoxy) is 6. The Hall–Kier alpha value is -4.97. The van der Waals surface area contributed by atoms with Crippen molar-refractivity contribution in [3.8, 4) is 45.8 Å². The third-order valence-electron chi connectivity index (χ3n) is 5.99. The lowest BCUT2D eigenvalue weighted by atomic mass is 10.1. The number of aromatic nitrogens is 1. The SMILES string of the molecule is COc1cc(C(=O)Nc2cccc(-c3csc(NC(=O)c4cc(OC)c(OC)c(OC)c4)n3)c2)cc(OC)c1OC. The number of nitrogens with zero attached hydrogens (tertiary/aromatic N) is 1. The number of carbonyl (C=O) groups excluding carboxylic acids is 2. The molecule has 4 rings (SSSR count). The Kier molecular flexibility index (Phi) is 9.15. The molecule has 0 fully saturated rings. The minimum absolute atomic E-state index is 0.313. The van der Waals surface area contributed by atoms with Crippen LogP contribution in [0.1, 0.15) is 20.7 Å². The highest BCUT2D eigenvalue weighted by atomic mass is 32.1. The van der Waals surface area contributed by atoms with Gasteiger partial charge in [-0.1, -0.05) is 12.1 Å². The number of anilines is 2. The molecule has 41 heavy (non-hydrogen) atoms. The summed E-state index contributed by atoms with van der Waals surface area (Å²) in [5.74, 6) is 1.49. The molecule has 1 aromatic heterocycles. The lowest BCUT2D eigenvalue weighted by Gasteiger charge is -2.14. The lowest BCUT2D eigenvalue weighted by molar-refractivity contribution is 0.101. The van der Waals surface area contributed by atoms with E-state index in [0.29, 0.717) is 62.1 Å². The second kappa shape index (κ2) is 12.9. The summed E-state index contributed by atoms with van der Waals surface area (Å²) in [4.78, 5) is 30.6. The first-order chi connectivity index (χ1) is 19.8. The van der Waals surface area contributed by atoms with E-state index in [1.54, 1.807) is 42.5 Å². The van der Waals surface area contributed by atoms with Crippen molar-refractivity contribution in [3.05, 3.63) is 65.0 Å². The van der Waals surface area contributed by atoms with Crippen LogP contribution >= 0.6 is 11.3 Å². The predicted octanol–water partition coefficient (Wildman–Crippen LogP) is 5.37. The molecule has 0 radical (unpaired) electrons. The maximum atomic E-state index is 13.0. The molecule has 0 aliphatic heterocycles. The van der Waals surface area contributed by atoms with Gasteiger partial charge in [-0.3, -0.25) is 14.9 Å². The number of benzene rings is 3. The molecular formula is C29H29N3O8S. The standard InChI is InChI=1S/C29H29N3O8S/c1-35-21-11-17(12-22(36-2)25(21)39-5)27(33)30-19-9-7-8-16(10-19)20-15-41-29(31-20)32-28(34)18-13-23(37-3)26(40-6)24(14-18)38-4/h7-15H,1-6H3,(H,30,33)(H,31,32,34).